The average Bonchev–Trinajstić information content (AvgIpc) is 2.92. The summed E-state index contributed by atoms with van der Waals surface area (Å²) in [7, 11) is 0. The first-order valence-electron chi connectivity index (χ1n) is 6.91. The van der Waals surface area contributed by atoms with Crippen molar-refractivity contribution >= 4 is 17.1 Å². The maximum atomic E-state index is 11.8. The highest BCUT2D eigenvalue weighted by Gasteiger charge is 2.07. The fourth-order valence-corrected chi connectivity index (χ4v) is 2.72. The molecule has 0 aliphatic rings. The molecular weight excluding hydrogens is 270 g/mol. The number of nitrogens with zero attached hydrogens (tertiary/aromatic N) is 1. The first kappa shape index (κ1) is 14.7. The van der Waals surface area contributed by atoms with Crippen LogP contribution in [-0.4, -0.2) is 17.4 Å². The molecule has 2 rings (SSSR count). The summed E-state index contributed by atoms with van der Waals surface area (Å²) in [5.74, 6) is 1.09. The molecule has 0 aliphatic heterocycles. The van der Waals surface area contributed by atoms with Gasteiger partial charge in [0.2, 0.25) is 0 Å². The lowest BCUT2D eigenvalue weighted by Gasteiger charge is -2.04. The van der Waals surface area contributed by atoms with Crippen molar-refractivity contribution in [3.63, 3.8) is 0 Å². The van der Waals surface area contributed by atoms with E-state index in [-0.39, 0.29) is 5.78 Å². The van der Waals surface area contributed by atoms with Crippen molar-refractivity contribution in [2.24, 2.45) is 0 Å². The Bertz CT molecular complexity index is 536. The lowest BCUT2D eigenvalue weighted by Crippen LogP contribution is -2.05. The van der Waals surface area contributed by atoms with E-state index >= 15 is 0 Å². The summed E-state index contributed by atoms with van der Waals surface area (Å²) in [5.41, 5.74) is 0. The van der Waals surface area contributed by atoms with Crippen LogP contribution in [0.15, 0.2) is 36.5 Å². The Kier molecular flexibility index (Phi) is 5.74. The van der Waals surface area contributed by atoms with Crippen LogP contribution in [0.2, 0.25) is 0 Å². The molecule has 20 heavy (non-hydrogen) atoms. The Morgan fingerprint density at radius 2 is 2.10 bits per heavy atom. The Labute approximate surface area is 123 Å². The molecule has 0 saturated carbocycles. The van der Waals surface area contributed by atoms with Crippen LogP contribution in [-0.2, 0) is 17.6 Å². The first-order valence-corrected chi connectivity index (χ1v) is 7.72. The second kappa shape index (κ2) is 7.80. The van der Waals surface area contributed by atoms with Crippen molar-refractivity contribution in [2.45, 2.75) is 32.6 Å². The van der Waals surface area contributed by atoms with E-state index in [2.05, 4.69) is 11.9 Å². The predicted molar refractivity (Wildman–Crippen MR) is 81.4 cm³/mol. The lowest BCUT2D eigenvalue weighted by atomic mass is 10.2. The van der Waals surface area contributed by atoms with Gasteiger partial charge in [0, 0.05) is 17.5 Å². The van der Waals surface area contributed by atoms with Crippen LogP contribution in [0.3, 0.4) is 0 Å². The molecule has 4 heteroatoms. The van der Waals surface area contributed by atoms with Gasteiger partial charge in [-0.3, -0.25) is 4.79 Å². The molecular formula is C16H19NO2S. The van der Waals surface area contributed by atoms with E-state index in [0.717, 1.165) is 23.6 Å². The van der Waals surface area contributed by atoms with Crippen LogP contribution >= 0.6 is 11.3 Å². The maximum Gasteiger partial charge on any atom is 0.139 e. The van der Waals surface area contributed by atoms with Crippen molar-refractivity contribution in [1.82, 2.24) is 4.98 Å². The molecule has 3 nitrogen and oxygen atoms in total. The number of ether oxygens (including phenoxy) is 1. The second-order valence-corrected chi connectivity index (χ2v) is 5.75. The SMILES string of the molecule is CCc1cnc(CC(=O)CCCOc2ccccc2)s1. The summed E-state index contributed by atoms with van der Waals surface area (Å²) >= 11 is 1.63. The van der Waals surface area contributed by atoms with Crippen LogP contribution in [0, 0.1) is 0 Å². The second-order valence-electron chi connectivity index (χ2n) is 4.55. The third-order valence-corrected chi connectivity index (χ3v) is 4.05. The minimum Gasteiger partial charge on any atom is -0.494 e. The highest BCUT2D eigenvalue weighted by atomic mass is 32.1. The van der Waals surface area contributed by atoms with Crippen LogP contribution in [0.4, 0.5) is 0 Å². The summed E-state index contributed by atoms with van der Waals surface area (Å²) in [6, 6.07) is 9.67. The molecule has 0 amide bonds. The van der Waals surface area contributed by atoms with Crippen LogP contribution in [0.1, 0.15) is 29.7 Å². The number of hydrogen-bond donors (Lipinski definition) is 0. The molecule has 0 saturated heterocycles. The zero-order valence-corrected chi connectivity index (χ0v) is 12.5. The monoisotopic (exact) mass is 289 g/mol. The third kappa shape index (κ3) is 4.78. The maximum absolute atomic E-state index is 11.8. The van der Waals surface area contributed by atoms with E-state index in [1.165, 1.54) is 4.88 Å². The largest absolute Gasteiger partial charge is 0.494 e. The van der Waals surface area contributed by atoms with E-state index in [0.29, 0.717) is 19.4 Å². The molecule has 0 bridgehead atoms. The predicted octanol–water partition coefficient (Wildman–Crippen LogP) is 3.68. The number of aryl methyl sites for hydroxylation is 1. The molecule has 0 radical (unpaired) electrons. The Balaban J connectivity index is 1.65. The molecule has 0 aliphatic carbocycles. The van der Waals surface area contributed by atoms with Gasteiger partial charge in [-0.1, -0.05) is 25.1 Å². The number of carbonyl (C=O) groups is 1. The van der Waals surface area contributed by atoms with Crippen molar-refractivity contribution in [1.29, 1.82) is 0 Å². The molecule has 0 spiro atoms. The average molecular weight is 289 g/mol. The van der Waals surface area contributed by atoms with Gasteiger partial charge in [-0.25, -0.2) is 4.98 Å². The summed E-state index contributed by atoms with van der Waals surface area (Å²) in [6.07, 6.45) is 4.60. The third-order valence-electron chi connectivity index (χ3n) is 2.91. The molecule has 1 heterocycles. The molecule has 1 aromatic carbocycles. The highest BCUT2D eigenvalue weighted by Crippen LogP contribution is 2.15. The van der Waals surface area contributed by atoms with Crippen molar-refractivity contribution < 1.29 is 9.53 Å². The van der Waals surface area contributed by atoms with Crippen molar-refractivity contribution in [3.8, 4) is 5.75 Å². The highest BCUT2D eigenvalue weighted by molar-refractivity contribution is 7.11. The Morgan fingerprint density at radius 1 is 1.30 bits per heavy atom. The van der Waals surface area contributed by atoms with Gasteiger partial charge in [-0.05, 0) is 25.0 Å². The minimum atomic E-state index is 0.235. The number of carbonyl (C=O) groups excluding carboxylic acids is 1. The van der Waals surface area contributed by atoms with E-state index in [4.69, 9.17) is 4.74 Å². The van der Waals surface area contributed by atoms with Gasteiger partial charge in [-0.15, -0.1) is 11.3 Å². The first-order chi connectivity index (χ1) is 9.78. The van der Waals surface area contributed by atoms with Gasteiger partial charge in [-0.2, -0.15) is 0 Å². The van der Waals surface area contributed by atoms with Gasteiger partial charge in [0.25, 0.3) is 0 Å². The Morgan fingerprint density at radius 3 is 2.80 bits per heavy atom. The van der Waals surface area contributed by atoms with Crippen LogP contribution < -0.4 is 4.74 Å². The molecule has 0 atom stereocenters. The number of aromatic nitrogens is 1. The van der Waals surface area contributed by atoms with Crippen LogP contribution in [0.25, 0.3) is 0 Å². The number of hydrogen-bond acceptors (Lipinski definition) is 4. The Hall–Kier alpha value is -1.68. The minimum absolute atomic E-state index is 0.235. The molecule has 1 aromatic heterocycles. The fourth-order valence-electron chi connectivity index (χ4n) is 1.83. The number of rotatable bonds is 8. The number of ketones is 1. The molecule has 2 aromatic rings. The summed E-state index contributed by atoms with van der Waals surface area (Å²) in [4.78, 5) is 17.3. The van der Waals surface area contributed by atoms with Gasteiger partial charge in [0.1, 0.15) is 16.5 Å². The molecule has 0 fully saturated rings. The number of para-hydroxylation sites is 1. The normalized spacial score (nSPS) is 10.4. The van der Waals surface area contributed by atoms with Gasteiger partial charge in [0.05, 0.1) is 13.0 Å². The quantitative estimate of drug-likeness (QED) is 0.696. The van der Waals surface area contributed by atoms with Gasteiger partial charge < -0.3 is 4.74 Å². The summed E-state index contributed by atoms with van der Waals surface area (Å²) in [5, 5.41) is 0.927. The molecule has 0 N–H and O–H groups in total. The van der Waals surface area contributed by atoms with Crippen molar-refractivity contribution in [2.75, 3.05) is 6.61 Å². The van der Waals surface area contributed by atoms with Crippen molar-refractivity contribution in [3.05, 3.63) is 46.4 Å². The van der Waals surface area contributed by atoms with E-state index < -0.39 is 0 Å². The standard InChI is InChI=1S/C16H19NO2S/c1-2-15-12-17-16(20-15)11-13(18)7-6-10-19-14-8-4-3-5-9-14/h3-5,8-9,12H,2,6-7,10-11H2,1H3. The number of thiazole rings is 1. The summed E-state index contributed by atoms with van der Waals surface area (Å²) < 4.78 is 5.56. The van der Waals surface area contributed by atoms with Gasteiger partial charge in [0.15, 0.2) is 0 Å². The molecule has 0 unspecified atom stereocenters. The topological polar surface area (TPSA) is 39.2 Å². The number of Topliss-reactive ketones (excluding diaryl/α,β-unsaturated/α-hetero) is 1. The smallest absolute Gasteiger partial charge is 0.139 e. The zero-order valence-electron chi connectivity index (χ0n) is 11.7. The number of benzene rings is 1. The van der Waals surface area contributed by atoms with E-state index in [9.17, 15) is 4.79 Å². The molecule has 106 valence electrons. The lowest BCUT2D eigenvalue weighted by molar-refractivity contribution is -0.118. The fraction of sp³-hybridized carbons (Fsp3) is 0.375. The summed E-state index contributed by atoms with van der Waals surface area (Å²) in [6.45, 7) is 2.67. The van der Waals surface area contributed by atoms with E-state index in [1.807, 2.05) is 36.5 Å². The van der Waals surface area contributed by atoms with Crippen LogP contribution in [0.5, 0.6) is 5.75 Å². The van der Waals surface area contributed by atoms with Gasteiger partial charge >= 0.3 is 0 Å². The zero-order chi connectivity index (χ0) is 14.2. The van der Waals surface area contributed by atoms with E-state index in [1.54, 1.807) is 11.3 Å².